The molecular weight excluding hydrogens is 396 g/mol. The maximum absolute atomic E-state index is 12.9. The summed E-state index contributed by atoms with van der Waals surface area (Å²) in [6.07, 6.45) is 0. The molecule has 2 aliphatic rings. The first-order valence-corrected chi connectivity index (χ1v) is 10.3. The summed E-state index contributed by atoms with van der Waals surface area (Å²) in [7, 11) is 0. The van der Waals surface area contributed by atoms with Crippen LogP contribution in [0.4, 0.5) is 10.5 Å². The maximum atomic E-state index is 12.9. The summed E-state index contributed by atoms with van der Waals surface area (Å²) >= 11 is 0. The Morgan fingerprint density at radius 1 is 1.10 bits per heavy atom. The first-order chi connectivity index (χ1) is 15.0. The largest absolute Gasteiger partial charge is 0.379 e. The molecule has 8 nitrogen and oxygen atoms in total. The lowest BCUT2D eigenvalue weighted by molar-refractivity contribution is -0.133. The predicted octanol–water partition coefficient (Wildman–Crippen LogP) is 1.92. The van der Waals surface area contributed by atoms with Gasteiger partial charge in [0.15, 0.2) is 0 Å². The highest BCUT2D eigenvalue weighted by molar-refractivity contribution is 6.10. The highest BCUT2D eigenvalue weighted by Gasteiger charge is 2.49. The molecule has 0 aromatic heterocycles. The van der Waals surface area contributed by atoms with Crippen LogP contribution in [0.5, 0.6) is 0 Å². The molecule has 0 spiro atoms. The number of hydrogen-bond acceptors (Lipinski definition) is 5. The molecule has 2 aliphatic heterocycles. The van der Waals surface area contributed by atoms with Crippen LogP contribution in [-0.2, 0) is 26.4 Å². The van der Waals surface area contributed by atoms with Crippen LogP contribution in [0, 0.1) is 0 Å². The fourth-order valence-corrected chi connectivity index (χ4v) is 3.92. The third kappa shape index (κ3) is 4.60. The van der Waals surface area contributed by atoms with E-state index in [0.29, 0.717) is 11.3 Å². The van der Waals surface area contributed by atoms with E-state index in [4.69, 9.17) is 4.74 Å². The SMILES string of the molecule is CC1(c2ccccc2)NC(=O)N(CC(=O)Nc2cccc(CN3CCOCC3)c2)C1=O. The smallest absolute Gasteiger partial charge is 0.325 e. The number of imide groups is 1. The van der Waals surface area contributed by atoms with Crippen LogP contribution >= 0.6 is 0 Å². The van der Waals surface area contributed by atoms with Crippen molar-refractivity contribution in [2.75, 3.05) is 38.2 Å². The van der Waals surface area contributed by atoms with Crippen LogP contribution in [0.25, 0.3) is 0 Å². The summed E-state index contributed by atoms with van der Waals surface area (Å²) in [4.78, 5) is 41.2. The van der Waals surface area contributed by atoms with Crippen molar-refractivity contribution < 1.29 is 19.1 Å². The fourth-order valence-electron chi connectivity index (χ4n) is 3.92. The number of carbonyl (C=O) groups excluding carboxylic acids is 3. The lowest BCUT2D eigenvalue weighted by atomic mass is 9.92. The van der Waals surface area contributed by atoms with E-state index in [2.05, 4.69) is 15.5 Å². The lowest BCUT2D eigenvalue weighted by Gasteiger charge is -2.26. The van der Waals surface area contributed by atoms with E-state index in [1.165, 1.54) is 0 Å². The number of nitrogens with zero attached hydrogens (tertiary/aromatic N) is 2. The zero-order chi connectivity index (χ0) is 21.8. The number of rotatable bonds is 6. The van der Waals surface area contributed by atoms with Crippen molar-refractivity contribution in [3.05, 3.63) is 65.7 Å². The van der Waals surface area contributed by atoms with E-state index >= 15 is 0 Å². The number of hydrogen-bond donors (Lipinski definition) is 2. The molecule has 2 fully saturated rings. The molecule has 2 N–H and O–H groups in total. The second kappa shape index (κ2) is 8.87. The summed E-state index contributed by atoms with van der Waals surface area (Å²) in [5, 5.41) is 5.51. The Morgan fingerprint density at radius 3 is 2.58 bits per heavy atom. The molecule has 162 valence electrons. The number of morpholine rings is 1. The zero-order valence-electron chi connectivity index (χ0n) is 17.5. The highest BCUT2D eigenvalue weighted by atomic mass is 16.5. The van der Waals surface area contributed by atoms with Gasteiger partial charge in [0.2, 0.25) is 5.91 Å². The van der Waals surface area contributed by atoms with Gasteiger partial charge in [-0.2, -0.15) is 0 Å². The number of benzene rings is 2. The molecule has 0 bridgehead atoms. The van der Waals surface area contributed by atoms with Crippen LogP contribution in [0.1, 0.15) is 18.1 Å². The summed E-state index contributed by atoms with van der Waals surface area (Å²) < 4.78 is 5.37. The van der Waals surface area contributed by atoms with Gasteiger partial charge in [0.1, 0.15) is 12.1 Å². The maximum Gasteiger partial charge on any atom is 0.325 e. The Balaban J connectivity index is 1.39. The number of carbonyl (C=O) groups is 3. The normalized spacial score (nSPS) is 21.8. The number of anilines is 1. The second-order valence-electron chi connectivity index (χ2n) is 7.95. The molecule has 2 saturated heterocycles. The van der Waals surface area contributed by atoms with Crippen molar-refractivity contribution >= 4 is 23.5 Å². The molecule has 4 amide bonds. The summed E-state index contributed by atoms with van der Waals surface area (Å²) in [6.45, 7) is 5.28. The molecule has 8 heteroatoms. The predicted molar refractivity (Wildman–Crippen MR) is 115 cm³/mol. The Labute approximate surface area is 181 Å². The Bertz CT molecular complexity index is 975. The molecular formula is C23H26N4O4. The van der Waals surface area contributed by atoms with Crippen molar-refractivity contribution in [2.45, 2.75) is 19.0 Å². The van der Waals surface area contributed by atoms with Crippen LogP contribution in [0.2, 0.25) is 0 Å². The van der Waals surface area contributed by atoms with Gasteiger partial charge in [-0.25, -0.2) is 4.79 Å². The summed E-state index contributed by atoms with van der Waals surface area (Å²) in [6, 6.07) is 16.0. The minimum atomic E-state index is -1.18. The Hall–Kier alpha value is -3.23. The molecule has 31 heavy (non-hydrogen) atoms. The average Bonchev–Trinajstić information content (AvgIpc) is 2.99. The van der Waals surface area contributed by atoms with E-state index in [-0.39, 0.29) is 6.54 Å². The van der Waals surface area contributed by atoms with Gasteiger partial charge >= 0.3 is 6.03 Å². The number of ether oxygens (including phenoxy) is 1. The molecule has 0 aliphatic carbocycles. The van der Waals surface area contributed by atoms with Crippen LogP contribution in [0.15, 0.2) is 54.6 Å². The summed E-state index contributed by atoms with van der Waals surface area (Å²) in [5.41, 5.74) is 1.20. The Kier molecular flexibility index (Phi) is 6.01. The zero-order valence-corrected chi connectivity index (χ0v) is 17.5. The van der Waals surface area contributed by atoms with Crippen LogP contribution in [0.3, 0.4) is 0 Å². The van der Waals surface area contributed by atoms with E-state index in [1.807, 2.05) is 24.3 Å². The minimum absolute atomic E-state index is 0.346. The van der Waals surface area contributed by atoms with Crippen LogP contribution in [-0.4, -0.2) is 60.5 Å². The third-order valence-corrected chi connectivity index (χ3v) is 5.65. The molecule has 4 rings (SSSR count). The molecule has 2 aromatic rings. The van der Waals surface area contributed by atoms with E-state index < -0.39 is 23.4 Å². The highest BCUT2D eigenvalue weighted by Crippen LogP contribution is 2.28. The van der Waals surface area contributed by atoms with Gasteiger partial charge in [-0.15, -0.1) is 0 Å². The standard InChI is InChI=1S/C23H26N4O4/c1-23(18-7-3-2-4-8-18)21(29)27(22(30)25-23)16-20(28)24-19-9-5-6-17(14-19)15-26-10-12-31-13-11-26/h2-9,14H,10-13,15-16H2,1H3,(H,24,28)(H,25,30). The van der Waals surface area contributed by atoms with Gasteiger partial charge < -0.3 is 15.4 Å². The molecule has 0 radical (unpaired) electrons. The van der Waals surface area contributed by atoms with Gasteiger partial charge in [0.25, 0.3) is 5.91 Å². The quantitative estimate of drug-likeness (QED) is 0.694. The topological polar surface area (TPSA) is 91.0 Å². The second-order valence-corrected chi connectivity index (χ2v) is 7.95. The molecule has 2 heterocycles. The molecule has 0 saturated carbocycles. The van der Waals surface area contributed by atoms with Gasteiger partial charge in [-0.05, 0) is 30.2 Å². The van der Waals surface area contributed by atoms with Gasteiger partial charge in [-0.3, -0.25) is 19.4 Å². The number of nitrogens with one attached hydrogen (secondary N) is 2. The van der Waals surface area contributed by atoms with Crippen molar-refractivity contribution in [1.29, 1.82) is 0 Å². The molecule has 1 unspecified atom stereocenters. The average molecular weight is 422 g/mol. The first kappa shape index (κ1) is 21.0. The van der Waals surface area contributed by atoms with Crippen molar-refractivity contribution in [2.24, 2.45) is 0 Å². The van der Waals surface area contributed by atoms with Crippen molar-refractivity contribution in [3.8, 4) is 0 Å². The number of urea groups is 1. The monoisotopic (exact) mass is 422 g/mol. The number of amides is 4. The van der Waals surface area contributed by atoms with Crippen molar-refractivity contribution in [3.63, 3.8) is 0 Å². The van der Waals surface area contributed by atoms with E-state index in [1.54, 1.807) is 37.3 Å². The summed E-state index contributed by atoms with van der Waals surface area (Å²) in [5.74, 6) is -0.871. The lowest BCUT2D eigenvalue weighted by Crippen LogP contribution is -2.42. The van der Waals surface area contributed by atoms with E-state index in [0.717, 1.165) is 43.3 Å². The molecule has 1 atom stereocenters. The minimum Gasteiger partial charge on any atom is -0.379 e. The van der Waals surface area contributed by atoms with Gasteiger partial charge in [0, 0.05) is 25.3 Å². The van der Waals surface area contributed by atoms with E-state index in [9.17, 15) is 14.4 Å². The van der Waals surface area contributed by atoms with Crippen LogP contribution < -0.4 is 10.6 Å². The van der Waals surface area contributed by atoms with Gasteiger partial charge in [-0.1, -0.05) is 42.5 Å². The van der Waals surface area contributed by atoms with Crippen molar-refractivity contribution in [1.82, 2.24) is 15.1 Å². The molecule has 2 aromatic carbocycles. The third-order valence-electron chi connectivity index (χ3n) is 5.65. The Morgan fingerprint density at radius 2 is 1.84 bits per heavy atom. The van der Waals surface area contributed by atoms with Gasteiger partial charge in [0.05, 0.1) is 13.2 Å². The first-order valence-electron chi connectivity index (χ1n) is 10.3. The fraction of sp³-hybridized carbons (Fsp3) is 0.348.